The molecule has 0 bridgehead atoms. The minimum Gasteiger partial charge on any atom is -0.456 e. The number of para-hydroxylation sites is 4. The van der Waals surface area contributed by atoms with Gasteiger partial charge in [-0.3, -0.25) is 0 Å². The van der Waals surface area contributed by atoms with Gasteiger partial charge in [0.2, 0.25) is 0 Å². The lowest BCUT2D eigenvalue weighted by Crippen LogP contribution is -2.15. The average molecular weight is 1070 g/mol. The van der Waals surface area contributed by atoms with E-state index in [1.165, 1.54) is 10.8 Å². The first-order valence-corrected chi connectivity index (χ1v) is 28.6. The van der Waals surface area contributed by atoms with Crippen molar-refractivity contribution in [1.29, 1.82) is 0 Å². The monoisotopic (exact) mass is 1070 g/mol. The molecule has 0 atom stereocenters. The largest absolute Gasteiger partial charge is 0.456 e. The van der Waals surface area contributed by atoms with E-state index in [-0.39, 0.29) is 10.8 Å². The molecule has 4 aromatic heterocycles. The lowest BCUT2D eigenvalue weighted by Gasteiger charge is -2.25. The van der Waals surface area contributed by atoms with Crippen LogP contribution in [0.5, 0.6) is 0 Å². The normalized spacial score (nSPS) is 12.2. The Morgan fingerprint density at radius 3 is 1.07 bits per heavy atom. The van der Waals surface area contributed by atoms with E-state index in [1.54, 1.807) is 0 Å². The standard InChI is InChI=1S/C77H58N4O2/c1-76(2,3)64-33-17-11-31-58(64)74-78-73(79-75(80-74)59-32-12-18-34-65(59)77(4,5)6)49-45-62(52-25-9-7-23-50(52)47-39-41-70-60(43-47)56-29-15-21-37-68(56)82-70)72(81-66-35-19-13-27-54(66)55-28-14-20-36-67(55)81)63(46-49)53-26-10-8-24-51(53)48-40-42-71-61(44-48)57-30-16-22-38-69(57)83-71/h7-46H,1-6H3. The maximum atomic E-state index is 6.43. The van der Waals surface area contributed by atoms with Crippen molar-refractivity contribution in [1.82, 2.24) is 19.5 Å². The Hall–Kier alpha value is -10.2. The molecule has 0 saturated heterocycles. The third-order valence-electron chi connectivity index (χ3n) is 16.6. The summed E-state index contributed by atoms with van der Waals surface area (Å²) in [7, 11) is 0. The highest BCUT2D eigenvalue weighted by molar-refractivity contribution is 6.13. The van der Waals surface area contributed by atoms with Gasteiger partial charge in [0, 0.05) is 60.1 Å². The van der Waals surface area contributed by atoms with Crippen molar-refractivity contribution in [2.75, 3.05) is 0 Å². The van der Waals surface area contributed by atoms with E-state index in [0.29, 0.717) is 17.5 Å². The SMILES string of the molecule is CC(C)(C)c1ccccc1-c1nc(-c2cc(-c3ccccc3-c3ccc4oc5ccccc5c4c3)c(-n3c4ccccc4c4ccccc43)c(-c3ccccc3-c3ccc4oc5ccccc5c4c3)c2)nc(-c2ccccc2C(C)(C)C)n1. The molecule has 0 unspecified atom stereocenters. The van der Waals surface area contributed by atoms with Crippen molar-refractivity contribution in [2.45, 2.75) is 52.4 Å². The number of rotatable bonds is 8. The molecule has 0 aliphatic rings. The topological polar surface area (TPSA) is 69.9 Å². The summed E-state index contributed by atoms with van der Waals surface area (Å²) in [4.78, 5) is 16.8. The van der Waals surface area contributed by atoms with E-state index < -0.39 is 0 Å². The predicted molar refractivity (Wildman–Crippen MR) is 344 cm³/mol. The van der Waals surface area contributed by atoms with E-state index in [1.807, 2.05) is 24.3 Å². The highest BCUT2D eigenvalue weighted by atomic mass is 16.3. The van der Waals surface area contributed by atoms with Crippen LogP contribution in [0.1, 0.15) is 52.7 Å². The van der Waals surface area contributed by atoms with Crippen LogP contribution >= 0.6 is 0 Å². The lowest BCUT2D eigenvalue weighted by molar-refractivity contribution is 0.591. The average Bonchev–Trinajstić information content (AvgIpc) is 4.42. The first kappa shape index (κ1) is 49.8. The van der Waals surface area contributed by atoms with E-state index in [4.69, 9.17) is 23.8 Å². The van der Waals surface area contributed by atoms with Crippen LogP contribution < -0.4 is 0 Å². The summed E-state index contributed by atoms with van der Waals surface area (Å²) in [5.74, 6) is 1.81. The van der Waals surface area contributed by atoms with Gasteiger partial charge in [-0.25, -0.2) is 15.0 Å². The Labute approximate surface area is 482 Å². The summed E-state index contributed by atoms with van der Waals surface area (Å²) in [5, 5.41) is 6.63. The third kappa shape index (κ3) is 8.43. The number of benzene rings is 11. The second-order valence-corrected chi connectivity index (χ2v) is 23.9. The van der Waals surface area contributed by atoms with Crippen LogP contribution in [0.4, 0.5) is 0 Å². The van der Waals surface area contributed by atoms with Crippen molar-refractivity contribution in [2.24, 2.45) is 0 Å². The minimum atomic E-state index is -0.206. The Morgan fingerprint density at radius 1 is 0.277 bits per heavy atom. The van der Waals surface area contributed by atoms with Gasteiger partial charge in [-0.1, -0.05) is 224 Å². The smallest absolute Gasteiger partial charge is 0.164 e. The molecule has 6 heteroatoms. The molecule has 0 radical (unpaired) electrons. The maximum absolute atomic E-state index is 6.43. The molecule has 4 heterocycles. The van der Waals surface area contributed by atoms with E-state index in [9.17, 15) is 0 Å². The van der Waals surface area contributed by atoms with Gasteiger partial charge in [0.05, 0.1) is 16.7 Å². The summed E-state index contributed by atoms with van der Waals surface area (Å²) < 4.78 is 15.4. The zero-order valence-electron chi connectivity index (χ0n) is 47.2. The van der Waals surface area contributed by atoms with Crippen LogP contribution in [0, 0.1) is 0 Å². The summed E-state index contributed by atoms with van der Waals surface area (Å²) in [6.07, 6.45) is 0. The molecule has 0 spiro atoms. The molecule has 15 aromatic rings. The number of fused-ring (bicyclic) bond motifs is 9. The summed E-state index contributed by atoms with van der Waals surface area (Å²) in [5.41, 5.74) is 19.8. The first-order chi connectivity index (χ1) is 40.4. The summed E-state index contributed by atoms with van der Waals surface area (Å²) >= 11 is 0. The molecule has 398 valence electrons. The van der Waals surface area contributed by atoms with Crippen molar-refractivity contribution in [3.8, 4) is 84.4 Å². The van der Waals surface area contributed by atoms with Crippen LogP contribution in [0.15, 0.2) is 251 Å². The van der Waals surface area contributed by atoms with Gasteiger partial charge in [-0.15, -0.1) is 0 Å². The van der Waals surface area contributed by atoms with Crippen LogP contribution in [-0.4, -0.2) is 19.5 Å². The molecule has 0 saturated carbocycles. The predicted octanol–water partition coefficient (Wildman–Crippen LogP) is 21.0. The molecule has 83 heavy (non-hydrogen) atoms. The minimum absolute atomic E-state index is 0.206. The second-order valence-electron chi connectivity index (χ2n) is 23.9. The van der Waals surface area contributed by atoms with Gasteiger partial charge < -0.3 is 13.4 Å². The molecular formula is C77H58N4O2. The van der Waals surface area contributed by atoms with Crippen LogP contribution in [0.3, 0.4) is 0 Å². The van der Waals surface area contributed by atoms with Crippen molar-refractivity contribution in [3.05, 3.63) is 254 Å². The molecule has 11 aromatic carbocycles. The number of hydrogen-bond donors (Lipinski definition) is 0. The molecule has 15 rings (SSSR count). The van der Waals surface area contributed by atoms with Crippen LogP contribution in [0.25, 0.3) is 150 Å². The fourth-order valence-corrected chi connectivity index (χ4v) is 12.7. The van der Waals surface area contributed by atoms with E-state index in [0.717, 1.165) is 133 Å². The molecule has 0 N–H and O–H groups in total. The fraction of sp³-hybridized carbons (Fsp3) is 0.104. The highest BCUT2D eigenvalue weighted by Crippen LogP contribution is 2.49. The molecule has 0 aliphatic carbocycles. The zero-order valence-corrected chi connectivity index (χ0v) is 47.2. The van der Waals surface area contributed by atoms with Gasteiger partial charge in [-0.05, 0) is 116 Å². The van der Waals surface area contributed by atoms with Crippen LogP contribution in [0.2, 0.25) is 0 Å². The van der Waals surface area contributed by atoms with E-state index in [2.05, 4.69) is 264 Å². The van der Waals surface area contributed by atoms with Crippen molar-refractivity contribution >= 4 is 65.7 Å². The Morgan fingerprint density at radius 2 is 0.627 bits per heavy atom. The molecule has 0 amide bonds. The highest BCUT2D eigenvalue weighted by Gasteiger charge is 2.29. The van der Waals surface area contributed by atoms with Gasteiger partial charge >= 0.3 is 0 Å². The maximum Gasteiger partial charge on any atom is 0.164 e. The summed E-state index contributed by atoms with van der Waals surface area (Å²) in [6.45, 7) is 13.5. The van der Waals surface area contributed by atoms with Crippen LogP contribution in [-0.2, 0) is 10.8 Å². The Bertz CT molecular complexity index is 4770. The fourth-order valence-electron chi connectivity index (χ4n) is 12.7. The molecule has 6 nitrogen and oxygen atoms in total. The Kier molecular flexibility index (Phi) is 11.6. The number of nitrogens with zero attached hydrogens (tertiary/aromatic N) is 4. The van der Waals surface area contributed by atoms with Gasteiger partial charge in [0.25, 0.3) is 0 Å². The molecule has 0 aliphatic heterocycles. The lowest BCUT2D eigenvalue weighted by atomic mass is 9.83. The third-order valence-corrected chi connectivity index (χ3v) is 16.6. The van der Waals surface area contributed by atoms with Gasteiger partial charge in [-0.2, -0.15) is 0 Å². The molecule has 0 fully saturated rings. The van der Waals surface area contributed by atoms with E-state index >= 15 is 0 Å². The van der Waals surface area contributed by atoms with Crippen molar-refractivity contribution < 1.29 is 8.83 Å². The zero-order chi connectivity index (χ0) is 56.1. The number of hydrogen-bond acceptors (Lipinski definition) is 5. The quantitative estimate of drug-likeness (QED) is 0.152. The first-order valence-electron chi connectivity index (χ1n) is 28.6. The summed E-state index contributed by atoms with van der Waals surface area (Å²) in [6, 6.07) is 86.9. The number of furan rings is 2. The second kappa shape index (κ2) is 19.2. The molecular weight excluding hydrogens is 1010 g/mol. The van der Waals surface area contributed by atoms with Gasteiger partial charge in [0.15, 0.2) is 17.5 Å². The van der Waals surface area contributed by atoms with Gasteiger partial charge in [0.1, 0.15) is 22.3 Å². The number of aromatic nitrogens is 4. The Balaban J connectivity index is 1.10. The van der Waals surface area contributed by atoms with Crippen molar-refractivity contribution in [3.63, 3.8) is 0 Å².